The molecule has 104 valence electrons. The van der Waals surface area contributed by atoms with Crippen LogP contribution in [0.5, 0.6) is 0 Å². The van der Waals surface area contributed by atoms with E-state index in [4.69, 9.17) is 0 Å². The smallest absolute Gasteiger partial charge is 0.269 e. The van der Waals surface area contributed by atoms with E-state index >= 15 is 0 Å². The van der Waals surface area contributed by atoms with Crippen LogP contribution in [0.2, 0.25) is 0 Å². The molecule has 4 nitrogen and oxygen atoms in total. The van der Waals surface area contributed by atoms with Gasteiger partial charge in [0.2, 0.25) is 0 Å². The Balaban J connectivity index is 1.96. The minimum absolute atomic E-state index is 0.000826. The summed E-state index contributed by atoms with van der Waals surface area (Å²) in [7, 11) is 0. The molecule has 0 aliphatic heterocycles. The predicted octanol–water partition coefficient (Wildman–Crippen LogP) is 3.58. The predicted molar refractivity (Wildman–Crippen MR) is 74.8 cm³/mol. The van der Waals surface area contributed by atoms with E-state index in [0.29, 0.717) is 6.54 Å². The van der Waals surface area contributed by atoms with Gasteiger partial charge in [0.05, 0.1) is 4.92 Å². The number of nitro groups is 1. The van der Waals surface area contributed by atoms with Crippen LogP contribution in [0.1, 0.15) is 24.1 Å². The van der Waals surface area contributed by atoms with Gasteiger partial charge in [-0.2, -0.15) is 0 Å². The maximum atomic E-state index is 13.1. The number of nitrogens with zero attached hydrogens (tertiary/aromatic N) is 1. The molecule has 2 aromatic rings. The number of non-ortho nitro benzene ring substituents is 1. The molecule has 0 saturated carbocycles. The molecule has 0 spiro atoms. The number of rotatable bonds is 5. The summed E-state index contributed by atoms with van der Waals surface area (Å²) in [5.41, 5.74) is 1.89. The highest BCUT2D eigenvalue weighted by molar-refractivity contribution is 5.32. The molecule has 2 aromatic carbocycles. The van der Waals surface area contributed by atoms with E-state index in [1.807, 2.05) is 13.0 Å². The van der Waals surface area contributed by atoms with Gasteiger partial charge in [0, 0.05) is 24.7 Å². The molecule has 1 atom stereocenters. The summed E-state index contributed by atoms with van der Waals surface area (Å²) in [6.07, 6.45) is 0. The molecule has 0 radical (unpaired) electrons. The van der Waals surface area contributed by atoms with E-state index in [0.717, 1.165) is 11.1 Å². The molecule has 0 aliphatic rings. The van der Waals surface area contributed by atoms with Crippen molar-refractivity contribution in [2.75, 3.05) is 0 Å². The van der Waals surface area contributed by atoms with Gasteiger partial charge in [-0.1, -0.05) is 24.3 Å². The van der Waals surface area contributed by atoms with Gasteiger partial charge in [-0.25, -0.2) is 4.39 Å². The van der Waals surface area contributed by atoms with Gasteiger partial charge in [-0.15, -0.1) is 0 Å². The maximum absolute atomic E-state index is 13.1. The number of hydrogen-bond donors (Lipinski definition) is 1. The molecule has 0 heterocycles. The highest BCUT2D eigenvalue weighted by atomic mass is 19.1. The normalized spacial score (nSPS) is 12.1. The van der Waals surface area contributed by atoms with E-state index in [2.05, 4.69) is 5.32 Å². The number of nitro benzene ring substituents is 1. The first-order chi connectivity index (χ1) is 9.56. The zero-order chi connectivity index (χ0) is 14.5. The Kier molecular flexibility index (Phi) is 4.42. The Hall–Kier alpha value is -2.27. The van der Waals surface area contributed by atoms with Crippen LogP contribution in [0.4, 0.5) is 10.1 Å². The molecule has 5 heteroatoms. The summed E-state index contributed by atoms with van der Waals surface area (Å²) in [6.45, 7) is 2.51. The molecular formula is C15H15FN2O2. The fraction of sp³-hybridized carbons (Fsp3) is 0.200. The lowest BCUT2D eigenvalue weighted by atomic mass is 10.1. The van der Waals surface area contributed by atoms with Crippen molar-refractivity contribution in [3.63, 3.8) is 0 Å². The Bertz CT molecular complexity index is 599. The van der Waals surface area contributed by atoms with Gasteiger partial charge in [0.1, 0.15) is 5.82 Å². The maximum Gasteiger partial charge on any atom is 0.269 e. The largest absolute Gasteiger partial charge is 0.306 e. The zero-order valence-electron chi connectivity index (χ0n) is 11.0. The van der Waals surface area contributed by atoms with Crippen molar-refractivity contribution in [2.24, 2.45) is 0 Å². The fourth-order valence-electron chi connectivity index (χ4n) is 1.90. The van der Waals surface area contributed by atoms with Crippen molar-refractivity contribution in [1.82, 2.24) is 5.32 Å². The molecule has 1 N–H and O–H groups in total. The van der Waals surface area contributed by atoms with Crippen LogP contribution >= 0.6 is 0 Å². The molecular weight excluding hydrogens is 259 g/mol. The van der Waals surface area contributed by atoms with Gasteiger partial charge in [-0.05, 0) is 30.2 Å². The Morgan fingerprint density at radius 1 is 1.25 bits per heavy atom. The summed E-state index contributed by atoms with van der Waals surface area (Å²) < 4.78 is 13.1. The molecule has 0 saturated heterocycles. The molecule has 0 aromatic heterocycles. The number of halogens is 1. The van der Waals surface area contributed by atoms with Gasteiger partial charge in [-0.3, -0.25) is 10.1 Å². The van der Waals surface area contributed by atoms with Crippen molar-refractivity contribution in [3.05, 3.63) is 75.6 Å². The van der Waals surface area contributed by atoms with E-state index < -0.39 is 4.92 Å². The first-order valence-electron chi connectivity index (χ1n) is 6.28. The summed E-state index contributed by atoms with van der Waals surface area (Å²) in [5, 5.41) is 13.8. The second-order valence-corrected chi connectivity index (χ2v) is 4.58. The SMILES string of the molecule is C[C@@H](NCc1ccc([N+](=O)[O-])cc1)c1cccc(F)c1. The molecule has 0 amide bonds. The average molecular weight is 274 g/mol. The number of hydrogen-bond acceptors (Lipinski definition) is 3. The first-order valence-corrected chi connectivity index (χ1v) is 6.28. The van der Waals surface area contributed by atoms with Crippen LogP contribution < -0.4 is 5.32 Å². The highest BCUT2D eigenvalue weighted by Crippen LogP contribution is 2.16. The van der Waals surface area contributed by atoms with Gasteiger partial charge in [0.15, 0.2) is 0 Å². The van der Waals surface area contributed by atoms with E-state index in [-0.39, 0.29) is 17.5 Å². The van der Waals surface area contributed by atoms with Gasteiger partial charge >= 0.3 is 0 Å². The lowest BCUT2D eigenvalue weighted by Gasteiger charge is -2.14. The van der Waals surface area contributed by atoms with Crippen molar-refractivity contribution < 1.29 is 9.31 Å². The third kappa shape index (κ3) is 3.61. The highest BCUT2D eigenvalue weighted by Gasteiger charge is 2.07. The number of nitrogens with one attached hydrogen (secondary N) is 1. The molecule has 20 heavy (non-hydrogen) atoms. The second kappa shape index (κ2) is 6.25. The lowest BCUT2D eigenvalue weighted by Crippen LogP contribution is -2.18. The van der Waals surface area contributed by atoms with Crippen molar-refractivity contribution in [3.8, 4) is 0 Å². The summed E-state index contributed by atoms with van der Waals surface area (Å²) >= 11 is 0. The Labute approximate surface area is 116 Å². The molecule has 2 rings (SSSR count). The fourth-order valence-corrected chi connectivity index (χ4v) is 1.90. The van der Waals surface area contributed by atoms with E-state index in [9.17, 15) is 14.5 Å². The molecule has 0 aliphatic carbocycles. The van der Waals surface area contributed by atoms with Crippen LogP contribution in [-0.2, 0) is 6.54 Å². The minimum Gasteiger partial charge on any atom is -0.306 e. The van der Waals surface area contributed by atoms with Gasteiger partial charge in [0.25, 0.3) is 5.69 Å². The standard InChI is InChI=1S/C15H15FN2O2/c1-11(13-3-2-4-14(16)9-13)17-10-12-5-7-15(8-6-12)18(19)20/h2-9,11,17H,10H2,1H3/t11-/m1/s1. The van der Waals surface area contributed by atoms with Crippen molar-refractivity contribution in [2.45, 2.75) is 19.5 Å². The molecule has 0 fully saturated rings. The Morgan fingerprint density at radius 2 is 1.95 bits per heavy atom. The summed E-state index contributed by atoms with van der Waals surface area (Å²) in [6, 6.07) is 12.8. The summed E-state index contributed by atoms with van der Waals surface area (Å²) in [4.78, 5) is 10.1. The van der Waals surface area contributed by atoms with Crippen LogP contribution in [0.3, 0.4) is 0 Å². The van der Waals surface area contributed by atoms with Crippen LogP contribution in [0.15, 0.2) is 48.5 Å². The monoisotopic (exact) mass is 274 g/mol. The summed E-state index contributed by atoms with van der Waals surface area (Å²) in [5.74, 6) is -0.258. The average Bonchev–Trinajstić information content (AvgIpc) is 2.45. The molecule has 0 unspecified atom stereocenters. The molecule has 0 bridgehead atoms. The van der Waals surface area contributed by atoms with Crippen molar-refractivity contribution in [1.29, 1.82) is 0 Å². The van der Waals surface area contributed by atoms with E-state index in [1.54, 1.807) is 18.2 Å². The van der Waals surface area contributed by atoms with Crippen molar-refractivity contribution >= 4 is 5.69 Å². The van der Waals surface area contributed by atoms with Crippen LogP contribution in [-0.4, -0.2) is 4.92 Å². The first kappa shape index (κ1) is 14.1. The van der Waals surface area contributed by atoms with Crippen LogP contribution in [0.25, 0.3) is 0 Å². The Morgan fingerprint density at radius 3 is 2.55 bits per heavy atom. The van der Waals surface area contributed by atoms with E-state index in [1.165, 1.54) is 24.3 Å². The minimum atomic E-state index is -0.424. The van der Waals surface area contributed by atoms with Crippen LogP contribution in [0, 0.1) is 15.9 Å². The third-order valence-corrected chi connectivity index (χ3v) is 3.11. The topological polar surface area (TPSA) is 55.2 Å². The second-order valence-electron chi connectivity index (χ2n) is 4.58. The number of benzene rings is 2. The quantitative estimate of drug-likeness (QED) is 0.669. The van der Waals surface area contributed by atoms with Gasteiger partial charge < -0.3 is 5.32 Å². The zero-order valence-corrected chi connectivity index (χ0v) is 11.0. The lowest BCUT2D eigenvalue weighted by molar-refractivity contribution is -0.384. The third-order valence-electron chi connectivity index (χ3n) is 3.11.